The Labute approximate surface area is 183 Å². The Morgan fingerprint density at radius 2 is 1.45 bits per heavy atom. The van der Waals surface area contributed by atoms with Gasteiger partial charge in [-0.3, -0.25) is 14.5 Å². The van der Waals surface area contributed by atoms with Crippen molar-refractivity contribution in [3.8, 4) is 5.75 Å². The lowest BCUT2D eigenvalue weighted by Crippen LogP contribution is -2.48. The summed E-state index contributed by atoms with van der Waals surface area (Å²) < 4.78 is 5.51. The van der Waals surface area contributed by atoms with Gasteiger partial charge in [0.05, 0.1) is 18.4 Å². The average molecular weight is 420 g/mol. The molecule has 2 aliphatic heterocycles. The number of amides is 2. The topological polar surface area (TPSA) is 53.1 Å². The maximum atomic E-state index is 13.3. The van der Waals surface area contributed by atoms with Crippen LogP contribution in [0.4, 0.5) is 5.69 Å². The van der Waals surface area contributed by atoms with E-state index >= 15 is 0 Å². The maximum Gasteiger partial charge on any atom is 0.278 e. The summed E-state index contributed by atoms with van der Waals surface area (Å²) in [6, 6.07) is 15.6. The number of aryl methyl sites for hydroxylation is 1. The summed E-state index contributed by atoms with van der Waals surface area (Å²) in [5, 5.41) is 0. The SMILES string of the molecule is COc1ccccc1N1CCN(C2=C(c3ccc(C)cc3)C(=O)N(C(C)C)C2=O)CC1. The molecule has 4 rings (SSSR count). The summed E-state index contributed by atoms with van der Waals surface area (Å²) in [5.74, 6) is 0.445. The fourth-order valence-electron chi connectivity index (χ4n) is 4.34. The second-order valence-corrected chi connectivity index (χ2v) is 8.31. The van der Waals surface area contributed by atoms with Crippen molar-refractivity contribution in [3.05, 3.63) is 65.4 Å². The van der Waals surface area contributed by atoms with Crippen molar-refractivity contribution in [2.45, 2.75) is 26.8 Å². The number of rotatable bonds is 5. The molecule has 6 nitrogen and oxygen atoms in total. The predicted molar refractivity (Wildman–Crippen MR) is 122 cm³/mol. The highest BCUT2D eigenvalue weighted by Crippen LogP contribution is 2.35. The molecule has 162 valence electrons. The van der Waals surface area contributed by atoms with E-state index in [-0.39, 0.29) is 17.9 Å². The highest BCUT2D eigenvalue weighted by molar-refractivity contribution is 6.35. The van der Waals surface area contributed by atoms with Crippen LogP contribution in [-0.2, 0) is 9.59 Å². The monoisotopic (exact) mass is 419 g/mol. The molecule has 0 aliphatic carbocycles. The average Bonchev–Trinajstić information content (AvgIpc) is 3.04. The molecule has 2 heterocycles. The number of piperazine rings is 1. The van der Waals surface area contributed by atoms with Crippen molar-refractivity contribution in [3.63, 3.8) is 0 Å². The summed E-state index contributed by atoms with van der Waals surface area (Å²) in [5.41, 5.74) is 4.02. The number of para-hydroxylation sites is 2. The van der Waals surface area contributed by atoms with E-state index in [2.05, 4.69) is 15.9 Å². The van der Waals surface area contributed by atoms with Crippen molar-refractivity contribution in [2.75, 3.05) is 38.2 Å². The number of carbonyl (C=O) groups is 2. The normalized spacial score (nSPS) is 17.3. The number of ether oxygens (including phenoxy) is 1. The molecule has 0 unspecified atom stereocenters. The molecule has 0 spiro atoms. The van der Waals surface area contributed by atoms with Crippen LogP contribution in [0.3, 0.4) is 0 Å². The van der Waals surface area contributed by atoms with Crippen LogP contribution in [-0.4, -0.2) is 60.9 Å². The first-order valence-corrected chi connectivity index (χ1v) is 10.7. The van der Waals surface area contributed by atoms with E-state index < -0.39 is 0 Å². The molecule has 1 saturated heterocycles. The van der Waals surface area contributed by atoms with E-state index in [0.29, 0.717) is 24.4 Å². The zero-order chi connectivity index (χ0) is 22.1. The zero-order valence-electron chi connectivity index (χ0n) is 18.6. The largest absolute Gasteiger partial charge is 0.495 e. The Balaban J connectivity index is 1.65. The summed E-state index contributed by atoms with van der Waals surface area (Å²) in [7, 11) is 1.68. The summed E-state index contributed by atoms with van der Waals surface area (Å²) >= 11 is 0. The van der Waals surface area contributed by atoms with E-state index in [1.54, 1.807) is 7.11 Å². The molecule has 2 aromatic rings. The molecule has 1 fully saturated rings. The lowest BCUT2D eigenvalue weighted by molar-refractivity contribution is -0.139. The van der Waals surface area contributed by atoms with E-state index in [9.17, 15) is 9.59 Å². The van der Waals surface area contributed by atoms with Gasteiger partial charge in [0.1, 0.15) is 11.4 Å². The molecule has 0 radical (unpaired) electrons. The third-order valence-corrected chi connectivity index (χ3v) is 5.97. The quantitative estimate of drug-likeness (QED) is 0.696. The molecule has 2 aromatic carbocycles. The highest BCUT2D eigenvalue weighted by Gasteiger charge is 2.43. The van der Waals surface area contributed by atoms with Gasteiger partial charge in [0.2, 0.25) is 0 Å². The number of hydrogen-bond acceptors (Lipinski definition) is 5. The first-order valence-electron chi connectivity index (χ1n) is 10.7. The molecule has 31 heavy (non-hydrogen) atoms. The molecule has 2 aliphatic rings. The Kier molecular flexibility index (Phi) is 5.72. The first kappa shape index (κ1) is 21.0. The summed E-state index contributed by atoms with van der Waals surface area (Å²) in [6.07, 6.45) is 0. The van der Waals surface area contributed by atoms with Gasteiger partial charge >= 0.3 is 0 Å². The van der Waals surface area contributed by atoms with Gasteiger partial charge in [0.15, 0.2) is 0 Å². The standard InChI is InChI=1S/C25H29N3O3/c1-17(2)28-24(29)22(19-11-9-18(3)10-12-19)23(25(28)30)27-15-13-26(14-16-27)20-7-5-6-8-21(20)31-4/h5-12,17H,13-16H2,1-4H3. The second kappa shape index (κ2) is 8.46. The third-order valence-electron chi connectivity index (χ3n) is 5.97. The van der Waals surface area contributed by atoms with Crippen LogP contribution in [0, 0.1) is 6.92 Å². The van der Waals surface area contributed by atoms with Crippen molar-refractivity contribution >= 4 is 23.1 Å². The van der Waals surface area contributed by atoms with Crippen molar-refractivity contribution in [2.24, 2.45) is 0 Å². The lowest BCUT2D eigenvalue weighted by atomic mass is 10.0. The van der Waals surface area contributed by atoms with Gasteiger partial charge in [-0.25, -0.2) is 0 Å². The molecule has 2 amide bonds. The van der Waals surface area contributed by atoms with Gasteiger partial charge in [-0.1, -0.05) is 42.0 Å². The Hall–Kier alpha value is -3.28. The van der Waals surface area contributed by atoms with Gasteiger partial charge < -0.3 is 14.5 Å². The van der Waals surface area contributed by atoms with Gasteiger partial charge in [-0.2, -0.15) is 0 Å². The van der Waals surface area contributed by atoms with Crippen LogP contribution in [0.5, 0.6) is 5.75 Å². The smallest absolute Gasteiger partial charge is 0.278 e. The molecule has 0 N–H and O–H groups in total. The van der Waals surface area contributed by atoms with Crippen LogP contribution < -0.4 is 9.64 Å². The minimum Gasteiger partial charge on any atom is -0.495 e. The number of hydrogen-bond donors (Lipinski definition) is 0. The first-order chi connectivity index (χ1) is 14.9. The number of carbonyl (C=O) groups excluding carboxylic acids is 2. The van der Waals surface area contributed by atoms with Crippen molar-refractivity contribution in [1.82, 2.24) is 9.80 Å². The molecular weight excluding hydrogens is 390 g/mol. The van der Waals surface area contributed by atoms with Crippen LogP contribution in [0.15, 0.2) is 54.2 Å². The van der Waals surface area contributed by atoms with Gasteiger partial charge in [0, 0.05) is 32.2 Å². The van der Waals surface area contributed by atoms with Crippen molar-refractivity contribution in [1.29, 1.82) is 0 Å². The maximum absolute atomic E-state index is 13.3. The van der Waals surface area contributed by atoms with Gasteiger partial charge in [-0.05, 0) is 38.5 Å². The summed E-state index contributed by atoms with van der Waals surface area (Å²) in [6.45, 7) is 8.58. The lowest BCUT2D eigenvalue weighted by Gasteiger charge is -2.38. The van der Waals surface area contributed by atoms with Crippen LogP contribution in [0.2, 0.25) is 0 Å². The van der Waals surface area contributed by atoms with Crippen LogP contribution in [0.25, 0.3) is 5.57 Å². The molecule has 0 bridgehead atoms. The number of imide groups is 1. The minimum atomic E-state index is -0.203. The Bertz CT molecular complexity index is 1020. The van der Waals surface area contributed by atoms with E-state index in [1.807, 2.05) is 63.2 Å². The minimum absolute atomic E-state index is 0.187. The number of anilines is 1. The Morgan fingerprint density at radius 1 is 0.839 bits per heavy atom. The highest BCUT2D eigenvalue weighted by atomic mass is 16.5. The van der Waals surface area contributed by atoms with Crippen LogP contribution in [0.1, 0.15) is 25.0 Å². The molecule has 6 heteroatoms. The van der Waals surface area contributed by atoms with Crippen molar-refractivity contribution < 1.29 is 14.3 Å². The van der Waals surface area contributed by atoms with Crippen LogP contribution >= 0.6 is 0 Å². The predicted octanol–water partition coefficient (Wildman–Crippen LogP) is 3.31. The van der Waals surface area contributed by atoms with E-state index in [0.717, 1.165) is 35.7 Å². The molecule has 0 aromatic heterocycles. The third kappa shape index (κ3) is 3.78. The Morgan fingerprint density at radius 3 is 2.06 bits per heavy atom. The number of methoxy groups -OCH3 is 1. The fourth-order valence-corrected chi connectivity index (χ4v) is 4.34. The molecule has 0 saturated carbocycles. The fraction of sp³-hybridized carbons (Fsp3) is 0.360. The van der Waals surface area contributed by atoms with Gasteiger partial charge in [0.25, 0.3) is 11.8 Å². The second-order valence-electron chi connectivity index (χ2n) is 8.31. The molecule has 0 atom stereocenters. The summed E-state index contributed by atoms with van der Waals surface area (Å²) in [4.78, 5) is 32.3. The van der Waals surface area contributed by atoms with E-state index in [1.165, 1.54) is 4.90 Å². The molecular formula is C25H29N3O3. The number of nitrogens with zero attached hydrogens (tertiary/aromatic N) is 3. The van der Waals surface area contributed by atoms with Gasteiger partial charge in [-0.15, -0.1) is 0 Å². The zero-order valence-corrected chi connectivity index (χ0v) is 18.6. The van der Waals surface area contributed by atoms with E-state index in [4.69, 9.17) is 4.74 Å². The number of benzene rings is 2.